The molecule has 6 nitrogen and oxygen atoms in total. The van der Waals surface area contributed by atoms with E-state index in [2.05, 4.69) is 20.4 Å². The molecule has 29 heavy (non-hydrogen) atoms. The summed E-state index contributed by atoms with van der Waals surface area (Å²) >= 11 is 0. The lowest BCUT2D eigenvalue weighted by atomic mass is 10.0. The van der Waals surface area contributed by atoms with Gasteiger partial charge in [-0.2, -0.15) is 5.10 Å². The van der Waals surface area contributed by atoms with Crippen molar-refractivity contribution in [2.24, 2.45) is 0 Å². The number of rotatable bonds is 6. The maximum Gasteiger partial charge on any atom is 0.251 e. The van der Waals surface area contributed by atoms with Gasteiger partial charge in [0.2, 0.25) is 0 Å². The number of aromatic nitrogens is 4. The van der Waals surface area contributed by atoms with Crippen LogP contribution < -0.4 is 5.32 Å². The summed E-state index contributed by atoms with van der Waals surface area (Å²) in [6.07, 6.45) is 3.75. The Hall–Kier alpha value is -3.48. The highest BCUT2D eigenvalue weighted by molar-refractivity contribution is 5.94. The lowest BCUT2D eigenvalue weighted by Gasteiger charge is -2.08. The van der Waals surface area contributed by atoms with E-state index in [1.807, 2.05) is 32.0 Å². The first-order valence-corrected chi connectivity index (χ1v) is 9.48. The molecule has 0 aliphatic rings. The zero-order valence-electron chi connectivity index (χ0n) is 16.4. The topological polar surface area (TPSA) is 75.6 Å². The highest BCUT2D eigenvalue weighted by Gasteiger charge is 2.14. The van der Waals surface area contributed by atoms with E-state index in [4.69, 9.17) is 0 Å². The molecule has 0 atom stereocenters. The van der Waals surface area contributed by atoms with Crippen molar-refractivity contribution in [3.63, 3.8) is 0 Å². The van der Waals surface area contributed by atoms with Crippen LogP contribution in [-0.4, -0.2) is 32.2 Å². The molecular weight excluding hydrogens is 369 g/mol. The number of fused-ring (bicyclic) bond motifs is 1. The Balaban J connectivity index is 1.44. The fourth-order valence-electron chi connectivity index (χ4n) is 3.67. The molecule has 4 aromatic rings. The summed E-state index contributed by atoms with van der Waals surface area (Å²) in [6, 6.07) is 10.7. The van der Waals surface area contributed by atoms with Gasteiger partial charge in [-0.1, -0.05) is 18.2 Å². The van der Waals surface area contributed by atoms with Crippen LogP contribution in [0, 0.1) is 19.7 Å². The summed E-state index contributed by atoms with van der Waals surface area (Å²) in [4.78, 5) is 19.6. The molecule has 2 heterocycles. The zero-order valence-corrected chi connectivity index (χ0v) is 16.4. The second-order valence-corrected chi connectivity index (χ2v) is 7.14. The van der Waals surface area contributed by atoms with Gasteiger partial charge in [-0.05, 0) is 55.2 Å². The number of H-pyrrole nitrogens is 1. The van der Waals surface area contributed by atoms with Crippen molar-refractivity contribution in [3.8, 4) is 0 Å². The number of carbonyl (C=O) groups excluding carboxylic acids is 1. The third-order valence-electron chi connectivity index (χ3n) is 5.09. The SMILES string of the molecule is Cc1[nH]c2c(F)ccc(C)c2c1CCNC(=O)c1cccc(Cn2cncn2)c1. The average Bonchev–Trinajstić information content (AvgIpc) is 3.33. The number of carbonyl (C=O) groups is 1. The van der Waals surface area contributed by atoms with Gasteiger partial charge < -0.3 is 10.3 Å². The van der Waals surface area contributed by atoms with E-state index >= 15 is 0 Å². The van der Waals surface area contributed by atoms with E-state index in [1.165, 1.54) is 12.4 Å². The predicted octanol–water partition coefficient (Wildman–Crippen LogP) is 3.54. The second kappa shape index (κ2) is 7.87. The van der Waals surface area contributed by atoms with Gasteiger partial charge in [-0.3, -0.25) is 4.79 Å². The van der Waals surface area contributed by atoms with Gasteiger partial charge in [0, 0.05) is 23.2 Å². The van der Waals surface area contributed by atoms with Gasteiger partial charge in [0.15, 0.2) is 0 Å². The lowest BCUT2D eigenvalue weighted by Crippen LogP contribution is -2.26. The van der Waals surface area contributed by atoms with Crippen molar-refractivity contribution in [1.82, 2.24) is 25.1 Å². The van der Waals surface area contributed by atoms with Crippen molar-refractivity contribution in [2.75, 3.05) is 6.54 Å². The molecule has 0 spiro atoms. The molecule has 0 fully saturated rings. The summed E-state index contributed by atoms with van der Waals surface area (Å²) in [5, 5.41) is 7.96. The summed E-state index contributed by atoms with van der Waals surface area (Å²) in [7, 11) is 0. The molecule has 7 heteroatoms. The van der Waals surface area contributed by atoms with Crippen LogP contribution in [0.5, 0.6) is 0 Å². The minimum Gasteiger partial charge on any atom is -0.356 e. The average molecular weight is 391 g/mol. The summed E-state index contributed by atoms with van der Waals surface area (Å²) in [5.41, 5.74) is 5.09. The zero-order chi connectivity index (χ0) is 20.4. The van der Waals surface area contributed by atoms with Crippen LogP contribution in [0.1, 0.15) is 32.7 Å². The Morgan fingerprint density at radius 1 is 1.24 bits per heavy atom. The standard InChI is InChI=1S/C22H22FN5O/c1-14-6-7-19(23)21-20(14)18(15(2)27-21)8-9-25-22(29)17-5-3-4-16(10-17)11-28-13-24-12-26-28/h3-7,10,12-13,27H,8-9,11H2,1-2H3,(H,25,29). The van der Waals surface area contributed by atoms with Gasteiger partial charge in [-0.25, -0.2) is 14.1 Å². The Kier molecular flexibility index (Phi) is 5.12. The molecule has 0 saturated carbocycles. The van der Waals surface area contributed by atoms with Gasteiger partial charge in [0.25, 0.3) is 5.91 Å². The van der Waals surface area contributed by atoms with Crippen LogP contribution in [0.4, 0.5) is 4.39 Å². The van der Waals surface area contributed by atoms with Gasteiger partial charge in [-0.15, -0.1) is 0 Å². The third-order valence-corrected chi connectivity index (χ3v) is 5.09. The van der Waals surface area contributed by atoms with E-state index in [0.717, 1.165) is 27.8 Å². The van der Waals surface area contributed by atoms with Crippen molar-refractivity contribution in [2.45, 2.75) is 26.8 Å². The molecule has 0 unspecified atom stereocenters. The molecule has 0 saturated heterocycles. The summed E-state index contributed by atoms with van der Waals surface area (Å²) < 4.78 is 15.8. The fraction of sp³-hybridized carbons (Fsp3) is 0.227. The molecule has 0 radical (unpaired) electrons. The van der Waals surface area contributed by atoms with Crippen LogP contribution in [0.2, 0.25) is 0 Å². The lowest BCUT2D eigenvalue weighted by molar-refractivity contribution is 0.0954. The van der Waals surface area contributed by atoms with E-state index in [-0.39, 0.29) is 11.7 Å². The Morgan fingerprint density at radius 3 is 2.90 bits per heavy atom. The molecule has 1 amide bonds. The number of amides is 1. The molecule has 4 rings (SSSR count). The van der Waals surface area contributed by atoms with Gasteiger partial charge in [0.1, 0.15) is 18.5 Å². The minimum atomic E-state index is -0.256. The highest BCUT2D eigenvalue weighted by atomic mass is 19.1. The molecule has 2 N–H and O–H groups in total. The maximum absolute atomic E-state index is 14.1. The Morgan fingerprint density at radius 2 is 2.10 bits per heavy atom. The quantitative estimate of drug-likeness (QED) is 0.528. The van der Waals surface area contributed by atoms with Crippen LogP contribution in [0.25, 0.3) is 10.9 Å². The number of aromatic amines is 1. The number of aryl methyl sites for hydroxylation is 2. The number of nitrogens with one attached hydrogen (secondary N) is 2. The summed E-state index contributed by atoms with van der Waals surface area (Å²) in [5.74, 6) is -0.390. The monoisotopic (exact) mass is 391 g/mol. The van der Waals surface area contributed by atoms with E-state index in [0.29, 0.717) is 30.6 Å². The first-order valence-electron chi connectivity index (χ1n) is 9.48. The van der Waals surface area contributed by atoms with E-state index < -0.39 is 0 Å². The molecule has 0 aliphatic carbocycles. The Bertz CT molecular complexity index is 1160. The molecule has 0 bridgehead atoms. The number of halogens is 1. The van der Waals surface area contributed by atoms with E-state index in [1.54, 1.807) is 23.1 Å². The normalized spacial score (nSPS) is 11.1. The first kappa shape index (κ1) is 18.9. The maximum atomic E-state index is 14.1. The van der Waals surface area contributed by atoms with E-state index in [9.17, 15) is 9.18 Å². The highest BCUT2D eigenvalue weighted by Crippen LogP contribution is 2.27. The molecule has 0 aliphatic heterocycles. The molecule has 2 aromatic carbocycles. The number of hydrogen-bond acceptors (Lipinski definition) is 3. The van der Waals surface area contributed by atoms with Crippen molar-refractivity contribution >= 4 is 16.8 Å². The van der Waals surface area contributed by atoms with Crippen LogP contribution >= 0.6 is 0 Å². The van der Waals surface area contributed by atoms with Crippen LogP contribution in [0.15, 0.2) is 49.1 Å². The number of benzene rings is 2. The predicted molar refractivity (Wildman–Crippen MR) is 109 cm³/mol. The molecule has 2 aromatic heterocycles. The van der Waals surface area contributed by atoms with Gasteiger partial charge in [0.05, 0.1) is 12.1 Å². The third kappa shape index (κ3) is 3.89. The van der Waals surface area contributed by atoms with Crippen LogP contribution in [-0.2, 0) is 13.0 Å². The summed E-state index contributed by atoms with van der Waals surface area (Å²) in [6.45, 7) is 4.93. The minimum absolute atomic E-state index is 0.133. The largest absolute Gasteiger partial charge is 0.356 e. The number of nitrogens with zero attached hydrogens (tertiary/aromatic N) is 3. The fourth-order valence-corrected chi connectivity index (χ4v) is 3.67. The first-order chi connectivity index (χ1) is 14.0. The van der Waals surface area contributed by atoms with Crippen molar-refractivity contribution in [3.05, 3.63) is 82.8 Å². The van der Waals surface area contributed by atoms with Gasteiger partial charge >= 0.3 is 0 Å². The number of hydrogen-bond donors (Lipinski definition) is 2. The Labute approximate surface area is 167 Å². The molecular formula is C22H22FN5O. The van der Waals surface area contributed by atoms with Crippen molar-refractivity contribution in [1.29, 1.82) is 0 Å². The molecule has 148 valence electrons. The smallest absolute Gasteiger partial charge is 0.251 e. The second-order valence-electron chi connectivity index (χ2n) is 7.14. The van der Waals surface area contributed by atoms with Crippen molar-refractivity contribution < 1.29 is 9.18 Å². The van der Waals surface area contributed by atoms with Crippen LogP contribution in [0.3, 0.4) is 0 Å².